The fraction of sp³-hybridized carbons (Fsp3) is 0.556. The normalized spacial score (nSPS) is 10.3. The van der Waals surface area contributed by atoms with Crippen LogP contribution in [0.25, 0.3) is 0 Å². The predicted octanol–water partition coefficient (Wildman–Crippen LogP) is 1.49. The molecule has 0 radical (unpaired) electrons. The lowest BCUT2D eigenvalue weighted by molar-refractivity contribution is 0.199. The molecule has 0 aliphatic rings. The van der Waals surface area contributed by atoms with Gasteiger partial charge >= 0.3 is 0 Å². The smallest absolute Gasteiger partial charge is 0.173 e. The molecule has 0 fully saturated rings. The van der Waals surface area contributed by atoms with Crippen LogP contribution in [0.1, 0.15) is 4.88 Å². The fourth-order valence-corrected chi connectivity index (χ4v) is 1.74. The first kappa shape index (κ1) is 10.5. The van der Waals surface area contributed by atoms with E-state index >= 15 is 0 Å². The molecular formula is C9H15NO2S. The number of ether oxygens (including phenoxy) is 2. The van der Waals surface area contributed by atoms with E-state index in [1.54, 1.807) is 25.6 Å². The van der Waals surface area contributed by atoms with Gasteiger partial charge in [-0.2, -0.15) is 0 Å². The van der Waals surface area contributed by atoms with Gasteiger partial charge in [-0.25, -0.2) is 0 Å². The van der Waals surface area contributed by atoms with E-state index in [1.165, 1.54) is 4.88 Å². The maximum absolute atomic E-state index is 5.09. The minimum Gasteiger partial charge on any atom is -0.487 e. The van der Waals surface area contributed by atoms with E-state index in [0.717, 1.165) is 24.8 Å². The van der Waals surface area contributed by atoms with Crippen LogP contribution in [0, 0.1) is 0 Å². The molecule has 1 N–H and O–H groups in total. The quantitative estimate of drug-likeness (QED) is 0.707. The van der Waals surface area contributed by atoms with E-state index in [0.29, 0.717) is 0 Å². The van der Waals surface area contributed by atoms with Gasteiger partial charge in [0.15, 0.2) is 5.06 Å². The minimum absolute atomic E-state index is 0.752. The Morgan fingerprint density at radius 1 is 1.38 bits per heavy atom. The van der Waals surface area contributed by atoms with Crippen molar-refractivity contribution in [1.29, 1.82) is 0 Å². The Labute approximate surface area is 82.7 Å². The molecule has 0 amide bonds. The molecule has 0 bridgehead atoms. The molecule has 1 aromatic heterocycles. The lowest BCUT2D eigenvalue weighted by atomic mass is 10.4. The average Bonchev–Trinajstić information content (AvgIpc) is 2.60. The van der Waals surface area contributed by atoms with Crippen LogP contribution >= 0.6 is 11.3 Å². The first-order valence-electron chi connectivity index (χ1n) is 4.19. The number of hydrogen-bond acceptors (Lipinski definition) is 4. The molecule has 4 heteroatoms. The molecule has 0 aliphatic heterocycles. The van der Waals surface area contributed by atoms with Gasteiger partial charge in [-0.3, -0.25) is 0 Å². The van der Waals surface area contributed by atoms with Crippen molar-refractivity contribution < 1.29 is 9.47 Å². The summed E-state index contributed by atoms with van der Waals surface area (Å²) in [5, 5.41) is 4.23. The van der Waals surface area contributed by atoms with Crippen LogP contribution in [0.4, 0.5) is 0 Å². The van der Waals surface area contributed by atoms with E-state index in [1.807, 2.05) is 6.07 Å². The van der Waals surface area contributed by atoms with Gasteiger partial charge in [0.2, 0.25) is 0 Å². The van der Waals surface area contributed by atoms with E-state index in [-0.39, 0.29) is 0 Å². The van der Waals surface area contributed by atoms with Gasteiger partial charge in [0.05, 0.1) is 13.7 Å². The molecule has 0 unspecified atom stereocenters. The Bertz CT molecular complexity index is 237. The summed E-state index contributed by atoms with van der Waals surface area (Å²) in [7, 11) is 3.39. The average molecular weight is 201 g/mol. The molecule has 3 nitrogen and oxygen atoms in total. The van der Waals surface area contributed by atoms with E-state index in [2.05, 4.69) is 11.4 Å². The number of hydrogen-bond donors (Lipinski definition) is 1. The molecule has 74 valence electrons. The SMILES string of the molecule is COCCNCc1ccc(OC)s1. The fourth-order valence-electron chi connectivity index (χ4n) is 0.949. The Morgan fingerprint density at radius 3 is 2.85 bits per heavy atom. The monoisotopic (exact) mass is 201 g/mol. The molecule has 0 saturated heterocycles. The molecule has 1 aromatic rings. The second-order valence-corrected chi connectivity index (χ2v) is 3.73. The summed E-state index contributed by atoms with van der Waals surface area (Å²) < 4.78 is 10.0. The van der Waals surface area contributed by atoms with Gasteiger partial charge in [-0.05, 0) is 12.1 Å². The van der Waals surface area contributed by atoms with Crippen LogP contribution in [0.2, 0.25) is 0 Å². The molecule has 0 atom stereocenters. The summed E-state index contributed by atoms with van der Waals surface area (Å²) in [4.78, 5) is 1.29. The maximum atomic E-state index is 5.09. The zero-order valence-corrected chi connectivity index (χ0v) is 8.82. The highest BCUT2D eigenvalue weighted by molar-refractivity contribution is 7.13. The topological polar surface area (TPSA) is 30.5 Å². The Balaban J connectivity index is 2.20. The molecular weight excluding hydrogens is 186 g/mol. The molecule has 0 saturated carbocycles. The van der Waals surface area contributed by atoms with E-state index in [4.69, 9.17) is 9.47 Å². The molecule has 0 aliphatic carbocycles. The third-order valence-corrected chi connectivity index (χ3v) is 2.67. The molecule has 1 heterocycles. The van der Waals surface area contributed by atoms with Gasteiger partial charge in [-0.15, -0.1) is 11.3 Å². The Hall–Kier alpha value is -0.580. The number of nitrogens with one attached hydrogen (secondary N) is 1. The van der Waals surface area contributed by atoms with E-state index < -0.39 is 0 Å². The first-order valence-corrected chi connectivity index (χ1v) is 5.01. The van der Waals surface area contributed by atoms with Gasteiger partial charge in [0, 0.05) is 25.1 Å². The van der Waals surface area contributed by atoms with Crippen molar-refractivity contribution in [2.45, 2.75) is 6.54 Å². The molecule has 13 heavy (non-hydrogen) atoms. The van der Waals surface area contributed by atoms with Crippen LogP contribution in [-0.2, 0) is 11.3 Å². The zero-order valence-electron chi connectivity index (χ0n) is 8.00. The molecule has 1 rings (SSSR count). The van der Waals surface area contributed by atoms with Gasteiger partial charge < -0.3 is 14.8 Å². The second kappa shape index (κ2) is 5.96. The van der Waals surface area contributed by atoms with Gasteiger partial charge in [0.1, 0.15) is 0 Å². The summed E-state index contributed by atoms with van der Waals surface area (Å²) in [6.45, 7) is 2.52. The van der Waals surface area contributed by atoms with E-state index in [9.17, 15) is 0 Å². The van der Waals surface area contributed by atoms with Crippen LogP contribution in [0.15, 0.2) is 12.1 Å². The lowest BCUT2D eigenvalue weighted by Gasteiger charge is -2.00. The minimum atomic E-state index is 0.752. The van der Waals surface area contributed by atoms with Crippen LogP contribution in [-0.4, -0.2) is 27.4 Å². The van der Waals surface area contributed by atoms with Crippen LogP contribution in [0.5, 0.6) is 5.06 Å². The standard InChI is InChI=1S/C9H15NO2S/c1-11-6-5-10-7-8-3-4-9(12-2)13-8/h3-4,10H,5-7H2,1-2H3. The number of thiophene rings is 1. The van der Waals surface area contributed by atoms with Crippen molar-refractivity contribution >= 4 is 11.3 Å². The van der Waals surface area contributed by atoms with Crippen LogP contribution < -0.4 is 10.1 Å². The highest BCUT2D eigenvalue weighted by Crippen LogP contribution is 2.23. The van der Waals surface area contributed by atoms with Crippen molar-refractivity contribution in [3.8, 4) is 5.06 Å². The predicted molar refractivity (Wildman–Crippen MR) is 54.5 cm³/mol. The summed E-state index contributed by atoms with van der Waals surface area (Å²) >= 11 is 1.67. The third-order valence-electron chi connectivity index (χ3n) is 1.62. The van der Waals surface area contributed by atoms with Crippen molar-refractivity contribution in [1.82, 2.24) is 5.32 Å². The summed E-state index contributed by atoms with van der Waals surface area (Å²) in [6, 6.07) is 4.06. The molecule has 0 spiro atoms. The largest absolute Gasteiger partial charge is 0.487 e. The van der Waals surface area contributed by atoms with Crippen LogP contribution in [0.3, 0.4) is 0 Å². The van der Waals surface area contributed by atoms with Crippen molar-refractivity contribution in [3.05, 3.63) is 17.0 Å². The summed E-state index contributed by atoms with van der Waals surface area (Å²) in [6.07, 6.45) is 0. The van der Waals surface area contributed by atoms with Gasteiger partial charge in [-0.1, -0.05) is 0 Å². The molecule has 0 aromatic carbocycles. The number of rotatable bonds is 6. The zero-order chi connectivity index (χ0) is 9.52. The maximum Gasteiger partial charge on any atom is 0.173 e. The second-order valence-electron chi connectivity index (χ2n) is 2.59. The van der Waals surface area contributed by atoms with Crippen molar-refractivity contribution in [3.63, 3.8) is 0 Å². The Kier molecular flexibility index (Phi) is 4.82. The highest BCUT2D eigenvalue weighted by atomic mass is 32.1. The summed E-state index contributed by atoms with van der Waals surface area (Å²) in [5.74, 6) is 0. The first-order chi connectivity index (χ1) is 6.36. The van der Waals surface area contributed by atoms with Gasteiger partial charge in [0.25, 0.3) is 0 Å². The van der Waals surface area contributed by atoms with Crippen molar-refractivity contribution in [2.24, 2.45) is 0 Å². The Morgan fingerprint density at radius 2 is 2.23 bits per heavy atom. The number of methoxy groups -OCH3 is 2. The van der Waals surface area contributed by atoms with Crippen molar-refractivity contribution in [2.75, 3.05) is 27.4 Å². The highest BCUT2D eigenvalue weighted by Gasteiger charge is 1.98. The third kappa shape index (κ3) is 3.76. The lowest BCUT2D eigenvalue weighted by Crippen LogP contribution is -2.17. The summed E-state index contributed by atoms with van der Waals surface area (Å²) in [5.41, 5.74) is 0.